The summed E-state index contributed by atoms with van der Waals surface area (Å²) >= 11 is 9.08. The van der Waals surface area contributed by atoms with Crippen LogP contribution in [0.25, 0.3) is 11.3 Å². The first-order chi connectivity index (χ1) is 9.06. The molecule has 0 bridgehead atoms. The van der Waals surface area contributed by atoms with E-state index in [1.807, 2.05) is 0 Å². The number of halogens is 3. The molecule has 3 rings (SSSR count). The van der Waals surface area contributed by atoms with Crippen LogP contribution in [-0.2, 0) is 0 Å². The maximum atomic E-state index is 14.2. The number of nitrogens with zero attached hydrogens (tertiary/aromatic N) is 2. The van der Waals surface area contributed by atoms with Crippen LogP contribution in [0.1, 0.15) is 24.6 Å². The van der Waals surface area contributed by atoms with Gasteiger partial charge in [-0.15, -0.1) is 0 Å². The molecule has 1 heterocycles. The number of nitrogens with two attached hydrogens (primary N) is 1. The van der Waals surface area contributed by atoms with Gasteiger partial charge in [0.25, 0.3) is 0 Å². The average Bonchev–Trinajstić information content (AvgIpc) is 3.19. The number of rotatable bonds is 2. The molecule has 1 aliphatic rings. The first-order valence-electron chi connectivity index (χ1n) is 5.84. The fourth-order valence-corrected chi connectivity index (χ4v) is 2.34. The highest BCUT2D eigenvalue weighted by atomic mass is 79.9. The molecule has 0 atom stereocenters. The van der Waals surface area contributed by atoms with Gasteiger partial charge in [0.05, 0.1) is 10.7 Å². The fourth-order valence-electron chi connectivity index (χ4n) is 1.87. The maximum Gasteiger partial charge on any atom is 0.152 e. The smallest absolute Gasteiger partial charge is 0.152 e. The fraction of sp³-hybridized carbons (Fsp3) is 0.231. The van der Waals surface area contributed by atoms with Gasteiger partial charge in [-0.3, -0.25) is 0 Å². The quantitative estimate of drug-likeness (QED) is 0.834. The number of hydrogen-bond donors (Lipinski definition) is 1. The molecule has 1 saturated carbocycles. The van der Waals surface area contributed by atoms with Crippen molar-refractivity contribution in [2.24, 2.45) is 0 Å². The minimum atomic E-state index is -0.504. The first kappa shape index (κ1) is 12.8. The number of benzene rings is 1. The van der Waals surface area contributed by atoms with Crippen LogP contribution in [0.2, 0.25) is 5.02 Å². The lowest BCUT2D eigenvalue weighted by molar-refractivity contribution is 0.630. The predicted molar refractivity (Wildman–Crippen MR) is 76.5 cm³/mol. The molecule has 2 N–H and O–H groups in total. The molecule has 1 aliphatic carbocycles. The molecular formula is C13H10BrClFN3. The Balaban J connectivity index is 2.13. The van der Waals surface area contributed by atoms with E-state index in [-0.39, 0.29) is 5.02 Å². The van der Waals surface area contributed by atoms with Gasteiger partial charge in [0.1, 0.15) is 11.6 Å². The van der Waals surface area contributed by atoms with E-state index in [4.69, 9.17) is 17.3 Å². The number of hydrogen-bond acceptors (Lipinski definition) is 3. The molecule has 0 unspecified atom stereocenters. The van der Waals surface area contributed by atoms with E-state index >= 15 is 0 Å². The first-order valence-corrected chi connectivity index (χ1v) is 7.01. The summed E-state index contributed by atoms with van der Waals surface area (Å²) in [6.45, 7) is 0. The molecule has 19 heavy (non-hydrogen) atoms. The van der Waals surface area contributed by atoms with Crippen LogP contribution in [0, 0.1) is 5.82 Å². The zero-order valence-electron chi connectivity index (χ0n) is 9.83. The normalized spacial score (nSPS) is 14.7. The Bertz CT molecular complexity index is 659. The highest BCUT2D eigenvalue weighted by Crippen LogP contribution is 2.39. The standard InChI is InChI=1S/C13H10BrClFN3/c14-8-4-3-7(12(16)11(8)15)9-5-10(17)19-13(18-9)6-1-2-6/h3-6H,1-2H2,(H2,17,18,19). The Morgan fingerprint density at radius 1 is 1.32 bits per heavy atom. The molecule has 0 aliphatic heterocycles. The van der Waals surface area contributed by atoms with Crippen LogP contribution >= 0.6 is 27.5 Å². The van der Waals surface area contributed by atoms with Gasteiger partial charge in [0, 0.05) is 22.0 Å². The molecule has 1 aromatic heterocycles. The van der Waals surface area contributed by atoms with Crippen molar-refractivity contribution in [2.45, 2.75) is 18.8 Å². The lowest BCUT2D eigenvalue weighted by atomic mass is 10.1. The van der Waals surface area contributed by atoms with Gasteiger partial charge in [-0.2, -0.15) is 0 Å². The second-order valence-corrected chi connectivity index (χ2v) is 5.77. The van der Waals surface area contributed by atoms with Gasteiger partial charge in [0.2, 0.25) is 0 Å². The van der Waals surface area contributed by atoms with Crippen LogP contribution in [0.4, 0.5) is 10.2 Å². The molecule has 6 heteroatoms. The highest BCUT2D eigenvalue weighted by molar-refractivity contribution is 9.10. The van der Waals surface area contributed by atoms with Crippen molar-refractivity contribution in [3.05, 3.63) is 39.3 Å². The largest absolute Gasteiger partial charge is 0.384 e. The summed E-state index contributed by atoms with van der Waals surface area (Å²) in [5.74, 6) is 0.894. The number of aromatic nitrogens is 2. The van der Waals surface area contributed by atoms with Crippen LogP contribution in [0.15, 0.2) is 22.7 Å². The van der Waals surface area contributed by atoms with E-state index in [0.29, 0.717) is 33.3 Å². The van der Waals surface area contributed by atoms with Crippen LogP contribution in [-0.4, -0.2) is 9.97 Å². The summed E-state index contributed by atoms with van der Waals surface area (Å²) < 4.78 is 14.7. The minimum Gasteiger partial charge on any atom is -0.384 e. The molecule has 0 amide bonds. The van der Waals surface area contributed by atoms with Crippen molar-refractivity contribution in [1.29, 1.82) is 0 Å². The molecule has 98 valence electrons. The Morgan fingerprint density at radius 3 is 2.74 bits per heavy atom. The van der Waals surface area contributed by atoms with Gasteiger partial charge < -0.3 is 5.73 Å². The van der Waals surface area contributed by atoms with Gasteiger partial charge in [-0.1, -0.05) is 11.6 Å². The van der Waals surface area contributed by atoms with E-state index in [1.165, 1.54) is 0 Å². The monoisotopic (exact) mass is 341 g/mol. The Morgan fingerprint density at radius 2 is 2.05 bits per heavy atom. The molecule has 2 aromatic rings. The summed E-state index contributed by atoms with van der Waals surface area (Å²) in [6.07, 6.45) is 2.12. The van der Waals surface area contributed by atoms with Gasteiger partial charge >= 0.3 is 0 Å². The van der Waals surface area contributed by atoms with Crippen molar-refractivity contribution in [2.75, 3.05) is 5.73 Å². The van der Waals surface area contributed by atoms with Crippen LogP contribution < -0.4 is 5.73 Å². The van der Waals surface area contributed by atoms with E-state index < -0.39 is 5.82 Å². The molecule has 0 radical (unpaired) electrons. The molecule has 0 saturated heterocycles. The van der Waals surface area contributed by atoms with E-state index in [9.17, 15) is 4.39 Å². The Labute approximate surface area is 123 Å². The van der Waals surface area contributed by atoms with Gasteiger partial charge in [-0.05, 0) is 40.9 Å². The molecule has 1 fully saturated rings. The summed E-state index contributed by atoms with van der Waals surface area (Å²) in [5, 5.41) is 0.0441. The van der Waals surface area contributed by atoms with E-state index in [2.05, 4.69) is 25.9 Å². The second-order valence-electron chi connectivity index (χ2n) is 4.53. The minimum absolute atomic E-state index is 0.0441. The van der Waals surface area contributed by atoms with Crippen molar-refractivity contribution < 1.29 is 4.39 Å². The van der Waals surface area contributed by atoms with E-state index in [0.717, 1.165) is 12.8 Å². The summed E-state index contributed by atoms with van der Waals surface area (Å²) in [7, 11) is 0. The highest BCUT2D eigenvalue weighted by Gasteiger charge is 2.27. The number of nitrogen functional groups attached to an aromatic ring is 1. The zero-order chi connectivity index (χ0) is 13.6. The molecule has 3 nitrogen and oxygen atoms in total. The lowest BCUT2D eigenvalue weighted by Crippen LogP contribution is -2.01. The maximum absolute atomic E-state index is 14.2. The molecule has 0 spiro atoms. The summed E-state index contributed by atoms with van der Waals surface area (Å²) in [5.41, 5.74) is 6.58. The Hall–Kier alpha value is -1.20. The SMILES string of the molecule is Nc1cc(-c2ccc(Br)c(Cl)c2F)nc(C2CC2)n1. The van der Waals surface area contributed by atoms with Gasteiger partial charge in [-0.25, -0.2) is 14.4 Å². The molecular weight excluding hydrogens is 333 g/mol. The van der Waals surface area contributed by atoms with Crippen LogP contribution in [0.3, 0.4) is 0 Å². The third-order valence-corrected chi connectivity index (χ3v) is 4.28. The predicted octanol–water partition coefficient (Wildman–Crippen LogP) is 4.16. The Kier molecular flexibility index (Phi) is 3.19. The third kappa shape index (κ3) is 2.44. The second kappa shape index (κ2) is 4.72. The topological polar surface area (TPSA) is 51.8 Å². The average molecular weight is 343 g/mol. The summed E-state index contributed by atoms with van der Waals surface area (Å²) in [4.78, 5) is 8.59. The number of anilines is 1. The third-order valence-electron chi connectivity index (χ3n) is 3.02. The van der Waals surface area contributed by atoms with Crippen molar-refractivity contribution in [3.8, 4) is 11.3 Å². The van der Waals surface area contributed by atoms with E-state index in [1.54, 1.807) is 18.2 Å². The van der Waals surface area contributed by atoms with Gasteiger partial charge in [0.15, 0.2) is 5.82 Å². The summed E-state index contributed by atoms with van der Waals surface area (Å²) in [6, 6.07) is 4.88. The van der Waals surface area contributed by atoms with Crippen molar-refractivity contribution >= 4 is 33.3 Å². The van der Waals surface area contributed by atoms with Crippen molar-refractivity contribution in [3.63, 3.8) is 0 Å². The van der Waals surface area contributed by atoms with Crippen LogP contribution in [0.5, 0.6) is 0 Å². The molecule has 1 aromatic carbocycles. The zero-order valence-corrected chi connectivity index (χ0v) is 12.2. The lowest BCUT2D eigenvalue weighted by Gasteiger charge is -2.08. The van der Waals surface area contributed by atoms with Crippen molar-refractivity contribution in [1.82, 2.24) is 9.97 Å².